The Balaban J connectivity index is 1.51. The van der Waals surface area contributed by atoms with E-state index in [0.29, 0.717) is 52.0 Å². The van der Waals surface area contributed by atoms with Crippen LogP contribution < -0.4 is 10.7 Å². The smallest absolute Gasteiger partial charge is 0.287 e. The number of amides is 2. The molecule has 1 aromatic heterocycles. The quantitative estimate of drug-likeness (QED) is 0.497. The van der Waals surface area contributed by atoms with Gasteiger partial charge < -0.3 is 9.73 Å². The van der Waals surface area contributed by atoms with Crippen molar-refractivity contribution in [2.24, 2.45) is 5.10 Å². The normalized spacial score (nSPS) is 14.2. The highest BCUT2D eigenvalue weighted by molar-refractivity contribution is 6.31. The molecule has 4 rings (SSSR count). The van der Waals surface area contributed by atoms with Gasteiger partial charge in [0.1, 0.15) is 5.76 Å². The highest BCUT2D eigenvalue weighted by Gasteiger charge is 2.28. The van der Waals surface area contributed by atoms with Crippen molar-refractivity contribution in [2.45, 2.75) is 32.7 Å². The van der Waals surface area contributed by atoms with Gasteiger partial charge in [0.05, 0.1) is 5.71 Å². The summed E-state index contributed by atoms with van der Waals surface area (Å²) in [6.07, 6.45) is 2.20. The van der Waals surface area contributed by atoms with Crippen LogP contribution in [-0.4, -0.2) is 17.5 Å². The van der Waals surface area contributed by atoms with Gasteiger partial charge in [-0.1, -0.05) is 41.4 Å². The molecular weight excluding hydrogens is 449 g/mol. The van der Waals surface area contributed by atoms with Crippen LogP contribution in [0.25, 0.3) is 0 Å². The van der Waals surface area contributed by atoms with E-state index in [0.717, 1.165) is 17.5 Å². The van der Waals surface area contributed by atoms with E-state index >= 15 is 0 Å². The molecule has 0 spiro atoms. The van der Waals surface area contributed by atoms with E-state index in [1.165, 1.54) is 0 Å². The topological polar surface area (TPSA) is 83.7 Å². The largest absolute Gasteiger partial charge is 0.455 e. The fourth-order valence-electron chi connectivity index (χ4n) is 3.68. The van der Waals surface area contributed by atoms with Crippen LogP contribution in [0, 0.1) is 6.92 Å². The van der Waals surface area contributed by atoms with Crippen molar-refractivity contribution in [3.63, 3.8) is 0 Å². The number of rotatable bonds is 5. The maximum atomic E-state index is 12.8. The predicted octanol–water partition coefficient (Wildman–Crippen LogP) is 5.30. The van der Waals surface area contributed by atoms with Gasteiger partial charge in [-0.05, 0) is 55.7 Å². The summed E-state index contributed by atoms with van der Waals surface area (Å²) in [5.41, 5.74) is 6.06. The zero-order chi connectivity index (χ0) is 22.7. The van der Waals surface area contributed by atoms with Crippen molar-refractivity contribution >= 4 is 40.7 Å². The van der Waals surface area contributed by atoms with Gasteiger partial charge in [0.2, 0.25) is 0 Å². The van der Waals surface area contributed by atoms with Crippen LogP contribution in [0.4, 0.5) is 0 Å². The molecule has 164 valence electrons. The van der Waals surface area contributed by atoms with Crippen LogP contribution in [0.3, 0.4) is 0 Å². The first-order chi connectivity index (χ1) is 15.4. The first-order valence-corrected chi connectivity index (χ1v) is 11.0. The maximum Gasteiger partial charge on any atom is 0.287 e. The van der Waals surface area contributed by atoms with Crippen molar-refractivity contribution < 1.29 is 14.0 Å². The number of fused-ring (bicyclic) bond motifs is 1. The molecule has 8 heteroatoms. The number of nitrogens with zero attached hydrogens (tertiary/aromatic N) is 1. The van der Waals surface area contributed by atoms with Crippen LogP contribution in [-0.2, 0) is 13.0 Å². The number of furan rings is 1. The second-order valence-electron chi connectivity index (χ2n) is 7.49. The summed E-state index contributed by atoms with van der Waals surface area (Å²) in [4.78, 5) is 25.2. The van der Waals surface area contributed by atoms with Crippen LogP contribution in [0.1, 0.15) is 56.2 Å². The van der Waals surface area contributed by atoms with Crippen molar-refractivity contribution in [1.29, 1.82) is 0 Å². The molecule has 2 N–H and O–H groups in total. The molecule has 0 saturated heterocycles. The highest BCUT2D eigenvalue weighted by Crippen LogP contribution is 2.30. The van der Waals surface area contributed by atoms with Gasteiger partial charge in [0.25, 0.3) is 11.8 Å². The second-order valence-corrected chi connectivity index (χ2v) is 8.33. The Morgan fingerprint density at radius 3 is 2.53 bits per heavy atom. The van der Waals surface area contributed by atoms with E-state index in [1.54, 1.807) is 30.3 Å². The second kappa shape index (κ2) is 9.59. The minimum atomic E-state index is -0.333. The Labute approximate surface area is 195 Å². The van der Waals surface area contributed by atoms with Gasteiger partial charge in [0, 0.05) is 39.7 Å². The molecule has 32 heavy (non-hydrogen) atoms. The van der Waals surface area contributed by atoms with Gasteiger partial charge >= 0.3 is 0 Å². The molecule has 0 saturated carbocycles. The summed E-state index contributed by atoms with van der Waals surface area (Å²) in [5.74, 6) is 0.304. The Bertz CT molecular complexity index is 1200. The van der Waals surface area contributed by atoms with Gasteiger partial charge in [-0.3, -0.25) is 9.59 Å². The van der Waals surface area contributed by atoms with Crippen molar-refractivity contribution in [2.75, 3.05) is 0 Å². The molecule has 6 nitrogen and oxygen atoms in total. The molecule has 0 atom stereocenters. The van der Waals surface area contributed by atoms with Crippen molar-refractivity contribution in [1.82, 2.24) is 10.7 Å². The molecule has 1 heterocycles. The number of hydrogen-bond acceptors (Lipinski definition) is 4. The molecule has 3 aromatic rings. The van der Waals surface area contributed by atoms with E-state index in [4.69, 9.17) is 27.6 Å². The van der Waals surface area contributed by atoms with Gasteiger partial charge in [0.15, 0.2) is 5.76 Å². The molecule has 0 aliphatic heterocycles. The summed E-state index contributed by atoms with van der Waals surface area (Å²) >= 11 is 12.0. The third kappa shape index (κ3) is 4.71. The summed E-state index contributed by atoms with van der Waals surface area (Å²) in [7, 11) is 0. The van der Waals surface area contributed by atoms with E-state index in [1.807, 2.05) is 25.1 Å². The minimum absolute atomic E-state index is 0.251. The molecule has 0 unspecified atom stereocenters. The Morgan fingerprint density at radius 1 is 1.03 bits per heavy atom. The zero-order valence-electron chi connectivity index (χ0n) is 17.4. The Hall–Kier alpha value is -3.09. The molecule has 2 amide bonds. The van der Waals surface area contributed by atoms with Gasteiger partial charge in [-0.15, -0.1) is 0 Å². The maximum absolute atomic E-state index is 12.8. The third-order valence-electron chi connectivity index (χ3n) is 5.33. The number of carbonyl (C=O) groups excluding carboxylic acids is 2. The van der Waals surface area contributed by atoms with Crippen LogP contribution in [0.2, 0.25) is 10.0 Å². The Kier molecular flexibility index (Phi) is 6.63. The lowest BCUT2D eigenvalue weighted by Gasteiger charge is -2.13. The standard InChI is InChI=1S/C24H21Cl2N3O3/c1-14-21-19(28-29-23(30)15-9-11-17(25)12-10-15)7-4-8-20(21)32-22(14)24(31)27-13-16-5-2-3-6-18(16)26/h2-3,5-6,9-12H,4,7-8,13H2,1H3,(H,27,31)(H,29,30)/b28-19+. The lowest BCUT2D eigenvalue weighted by molar-refractivity contribution is 0.0919. The lowest BCUT2D eigenvalue weighted by Crippen LogP contribution is -2.23. The average molecular weight is 470 g/mol. The highest BCUT2D eigenvalue weighted by atomic mass is 35.5. The fraction of sp³-hybridized carbons (Fsp3) is 0.208. The van der Waals surface area contributed by atoms with Crippen LogP contribution >= 0.6 is 23.2 Å². The molecule has 0 fully saturated rings. The molecular formula is C24H21Cl2N3O3. The number of aryl methyl sites for hydroxylation is 1. The van der Waals surface area contributed by atoms with Gasteiger partial charge in [-0.25, -0.2) is 5.43 Å². The van der Waals surface area contributed by atoms with Crippen LogP contribution in [0.5, 0.6) is 0 Å². The number of hydrogen-bond donors (Lipinski definition) is 2. The monoisotopic (exact) mass is 469 g/mol. The molecule has 0 bridgehead atoms. The molecule has 0 radical (unpaired) electrons. The minimum Gasteiger partial charge on any atom is -0.455 e. The Morgan fingerprint density at radius 2 is 1.78 bits per heavy atom. The third-order valence-corrected chi connectivity index (χ3v) is 5.95. The first kappa shape index (κ1) is 22.1. The number of halogens is 2. The number of hydrazone groups is 1. The van der Waals surface area contributed by atoms with Crippen molar-refractivity contribution in [3.05, 3.63) is 92.4 Å². The molecule has 1 aliphatic rings. The molecule has 2 aromatic carbocycles. The zero-order valence-corrected chi connectivity index (χ0v) is 18.9. The van der Waals surface area contributed by atoms with Crippen LogP contribution in [0.15, 0.2) is 58.0 Å². The average Bonchev–Trinajstić information content (AvgIpc) is 3.14. The predicted molar refractivity (Wildman–Crippen MR) is 124 cm³/mol. The first-order valence-electron chi connectivity index (χ1n) is 10.2. The summed E-state index contributed by atoms with van der Waals surface area (Å²) in [6.45, 7) is 2.12. The lowest BCUT2D eigenvalue weighted by atomic mass is 9.93. The van der Waals surface area contributed by atoms with E-state index in [-0.39, 0.29) is 17.6 Å². The summed E-state index contributed by atoms with van der Waals surface area (Å²) in [6, 6.07) is 13.9. The van der Waals surface area contributed by atoms with E-state index < -0.39 is 0 Å². The van der Waals surface area contributed by atoms with E-state index in [9.17, 15) is 9.59 Å². The number of nitrogens with one attached hydrogen (secondary N) is 2. The fourth-order valence-corrected chi connectivity index (χ4v) is 4.01. The number of benzene rings is 2. The van der Waals surface area contributed by atoms with Gasteiger partial charge in [-0.2, -0.15) is 5.10 Å². The van der Waals surface area contributed by atoms with E-state index in [2.05, 4.69) is 15.8 Å². The SMILES string of the molecule is Cc1c(C(=O)NCc2ccccc2Cl)oc2c1/C(=N/NC(=O)c1ccc(Cl)cc1)CCC2. The van der Waals surface area contributed by atoms with Crippen molar-refractivity contribution in [3.8, 4) is 0 Å². The summed E-state index contributed by atoms with van der Waals surface area (Å²) in [5, 5.41) is 8.34. The summed E-state index contributed by atoms with van der Waals surface area (Å²) < 4.78 is 5.90. The molecule has 1 aliphatic carbocycles. The number of carbonyl (C=O) groups is 2.